The summed E-state index contributed by atoms with van der Waals surface area (Å²) < 4.78 is 0.774. The molecule has 5 nitrogen and oxygen atoms in total. The fraction of sp³-hybridized carbons (Fsp3) is 0.526. The molecule has 25 heavy (non-hydrogen) atoms. The number of carbonyl (C=O) groups excluding carboxylic acids is 3. The Balaban J connectivity index is 1.47. The molecule has 0 saturated heterocycles. The Kier molecular flexibility index (Phi) is 5.57. The van der Waals surface area contributed by atoms with Gasteiger partial charge in [-0.2, -0.15) is 0 Å². The van der Waals surface area contributed by atoms with Crippen molar-refractivity contribution in [2.24, 2.45) is 5.92 Å². The average molecular weight is 407 g/mol. The Bertz CT molecular complexity index is 696. The number of carbonyl (C=O) groups is 3. The SMILES string of the molecule is CC1CCC(NC(=O)CCCN2C(=O)c3ccc(Br)cc3C2=O)CC1. The molecule has 1 heterocycles. The number of imide groups is 1. The van der Waals surface area contributed by atoms with Crippen LogP contribution in [0.25, 0.3) is 0 Å². The van der Waals surface area contributed by atoms with Gasteiger partial charge in [0.05, 0.1) is 11.1 Å². The molecule has 1 aromatic carbocycles. The van der Waals surface area contributed by atoms with Crippen molar-refractivity contribution in [3.63, 3.8) is 0 Å². The topological polar surface area (TPSA) is 66.5 Å². The number of halogens is 1. The summed E-state index contributed by atoms with van der Waals surface area (Å²) in [5, 5.41) is 3.08. The van der Waals surface area contributed by atoms with Crippen molar-refractivity contribution in [3.05, 3.63) is 33.8 Å². The normalized spacial score (nSPS) is 22.9. The van der Waals surface area contributed by atoms with E-state index in [-0.39, 0.29) is 30.3 Å². The van der Waals surface area contributed by atoms with E-state index in [9.17, 15) is 14.4 Å². The minimum atomic E-state index is -0.275. The summed E-state index contributed by atoms with van der Waals surface area (Å²) in [6.45, 7) is 2.53. The molecule has 1 saturated carbocycles. The monoisotopic (exact) mass is 406 g/mol. The maximum absolute atomic E-state index is 12.4. The highest BCUT2D eigenvalue weighted by atomic mass is 79.9. The Morgan fingerprint density at radius 1 is 1.16 bits per heavy atom. The zero-order valence-electron chi connectivity index (χ0n) is 14.4. The van der Waals surface area contributed by atoms with Crippen molar-refractivity contribution in [2.75, 3.05) is 6.54 Å². The van der Waals surface area contributed by atoms with Crippen molar-refractivity contribution >= 4 is 33.7 Å². The van der Waals surface area contributed by atoms with Crippen molar-refractivity contribution in [1.82, 2.24) is 10.2 Å². The summed E-state index contributed by atoms with van der Waals surface area (Å²) in [4.78, 5) is 38.0. The summed E-state index contributed by atoms with van der Waals surface area (Å²) in [5.41, 5.74) is 0.870. The van der Waals surface area contributed by atoms with Crippen LogP contribution in [-0.4, -0.2) is 35.2 Å². The third-order valence-corrected chi connectivity index (χ3v) is 5.59. The first kappa shape index (κ1) is 18.1. The van der Waals surface area contributed by atoms with Crippen molar-refractivity contribution in [2.45, 2.75) is 51.5 Å². The Hall–Kier alpha value is -1.69. The van der Waals surface area contributed by atoms with E-state index in [1.165, 1.54) is 4.90 Å². The minimum absolute atomic E-state index is 0.0129. The highest BCUT2D eigenvalue weighted by molar-refractivity contribution is 9.10. The molecule has 3 rings (SSSR count). The highest BCUT2D eigenvalue weighted by Gasteiger charge is 2.35. The Labute approximate surface area is 156 Å². The van der Waals surface area contributed by atoms with E-state index in [0.717, 1.165) is 36.1 Å². The Morgan fingerprint density at radius 3 is 2.56 bits per heavy atom. The van der Waals surface area contributed by atoms with Crippen molar-refractivity contribution in [1.29, 1.82) is 0 Å². The minimum Gasteiger partial charge on any atom is -0.353 e. The lowest BCUT2D eigenvalue weighted by molar-refractivity contribution is -0.122. The second-order valence-corrected chi connectivity index (χ2v) is 8.00. The molecule has 134 valence electrons. The zero-order valence-corrected chi connectivity index (χ0v) is 16.0. The number of amides is 3. The van der Waals surface area contributed by atoms with Crippen LogP contribution in [0.2, 0.25) is 0 Å². The van der Waals surface area contributed by atoms with Crippen molar-refractivity contribution in [3.8, 4) is 0 Å². The molecule has 6 heteroatoms. The summed E-state index contributed by atoms with van der Waals surface area (Å²) in [6, 6.07) is 5.37. The molecule has 1 aliphatic heterocycles. The third kappa shape index (κ3) is 4.11. The molecular formula is C19H23BrN2O3. The molecule has 1 aromatic rings. The first-order chi connectivity index (χ1) is 12.0. The predicted octanol–water partition coefficient (Wildman–Crippen LogP) is 3.52. The van der Waals surface area contributed by atoms with Gasteiger partial charge in [-0.15, -0.1) is 0 Å². The number of hydrogen-bond acceptors (Lipinski definition) is 3. The van der Waals surface area contributed by atoms with Gasteiger partial charge in [0, 0.05) is 23.5 Å². The fourth-order valence-electron chi connectivity index (χ4n) is 3.57. The van der Waals surface area contributed by atoms with Crippen LogP contribution in [0.3, 0.4) is 0 Å². The molecule has 1 aliphatic carbocycles. The molecule has 0 bridgehead atoms. The van der Waals surface area contributed by atoms with Gasteiger partial charge in [-0.25, -0.2) is 0 Å². The van der Waals surface area contributed by atoms with Gasteiger partial charge < -0.3 is 5.32 Å². The van der Waals surface area contributed by atoms with Gasteiger partial charge in [0.15, 0.2) is 0 Å². The molecule has 0 atom stereocenters. The molecule has 0 spiro atoms. The van der Waals surface area contributed by atoms with E-state index in [0.29, 0.717) is 24.0 Å². The lowest BCUT2D eigenvalue weighted by Gasteiger charge is -2.27. The number of rotatable bonds is 5. The average Bonchev–Trinajstić information content (AvgIpc) is 2.81. The number of nitrogens with one attached hydrogen (secondary N) is 1. The van der Waals surface area contributed by atoms with E-state index in [2.05, 4.69) is 28.2 Å². The van der Waals surface area contributed by atoms with Gasteiger partial charge in [0.2, 0.25) is 5.91 Å². The van der Waals surface area contributed by atoms with Gasteiger partial charge in [-0.1, -0.05) is 22.9 Å². The van der Waals surface area contributed by atoms with Crippen LogP contribution in [0.15, 0.2) is 22.7 Å². The molecule has 1 N–H and O–H groups in total. The smallest absolute Gasteiger partial charge is 0.261 e. The molecule has 2 aliphatic rings. The molecule has 1 fully saturated rings. The van der Waals surface area contributed by atoms with Gasteiger partial charge in [0.1, 0.15) is 0 Å². The number of fused-ring (bicyclic) bond motifs is 1. The molecule has 0 aromatic heterocycles. The van der Waals surface area contributed by atoms with Crippen LogP contribution in [0.4, 0.5) is 0 Å². The number of nitrogens with zero attached hydrogens (tertiary/aromatic N) is 1. The number of benzene rings is 1. The second kappa shape index (κ2) is 7.68. The first-order valence-electron chi connectivity index (χ1n) is 8.91. The van der Waals surface area contributed by atoms with E-state index < -0.39 is 0 Å². The standard InChI is InChI=1S/C19H23BrN2O3/c1-12-4-7-14(8-5-12)21-17(23)3-2-10-22-18(24)15-9-6-13(20)11-16(15)19(22)25/h6,9,11-12,14H,2-5,7-8,10H2,1H3,(H,21,23). The van der Waals surface area contributed by atoms with E-state index in [1.54, 1.807) is 18.2 Å². The quantitative estimate of drug-likeness (QED) is 0.760. The van der Waals surface area contributed by atoms with Gasteiger partial charge in [-0.3, -0.25) is 19.3 Å². The van der Waals surface area contributed by atoms with Crippen LogP contribution in [0.5, 0.6) is 0 Å². The van der Waals surface area contributed by atoms with E-state index in [4.69, 9.17) is 0 Å². The highest BCUT2D eigenvalue weighted by Crippen LogP contribution is 2.26. The maximum Gasteiger partial charge on any atom is 0.261 e. The van der Waals surface area contributed by atoms with Gasteiger partial charge in [0.25, 0.3) is 11.8 Å². The van der Waals surface area contributed by atoms with Gasteiger partial charge >= 0.3 is 0 Å². The van der Waals surface area contributed by atoms with Crippen LogP contribution in [0, 0.1) is 5.92 Å². The van der Waals surface area contributed by atoms with E-state index >= 15 is 0 Å². The predicted molar refractivity (Wildman–Crippen MR) is 98.3 cm³/mol. The molecule has 0 unspecified atom stereocenters. The largest absolute Gasteiger partial charge is 0.353 e. The molecule has 3 amide bonds. The Morgan fingerprint density at radius 2 is 1.84 bits per heavy atom. The lowest BCUT2D eigenvalue weighted by atomic mass is 9.87. The third-order valence-electron chi connectivity index (χ3n) is 5.10. The maximum atomic E-state index is 12.4. The van der Waals surface area contributed by atoms with E-state index in [1.807, 2.05) is 0 Å². The van der Waals surface area contributed by atoms with Gasteiger partial charge in [-0.05, 0) is 56.2 Å². The second-order valence-electron chi connectivity index (χ2n) is 7.08. The van der Waals surface area contributed by atoms with Crippen LogP contribution in [0.1, 0.15) is 66.2 Å². The van der Waals surface area contributed by atoms with Crippen LogP contribution in [-0.2, 0) is 4.79 Å². The van der Waals surface area contributed by atoms with Crippen LogP contribution >= 0.6 is 15.9 Å². The molecule has 0 radical (unpaired) electrons. The zero-order chi connectivity index (χ0) is 18.0. The van der Waals surface area contributed by atoms with Crippen molar-refractivity contribution < 1.29 is 14.4 Å². The summed E-state index contributed by atoms with van der Waals surface area (Å²) >= 11 is 3.32. The summed E-state index contributed by atoms with van der Waals surface area (Å²) in [7, 11) is 0. The lowest BCUT2D eigenvalue weighted by Crippen LogP contribution is -2.38. The van der Waals surface area contributed by atoms with Crippen LogP contribution < -0.4 is 5.32 Å². The number of hydrogen-bond donors (Lipinski definition) is 1. The summed E-state index contributed by atoms with van der Waals surface area (Å²) in [6.07, 6.45) is 5.23. The molecular weight excluding hydrogens is 384 g/mol. The summed E-state index contributed by atoms with van der Waals surface area (Å²) in [5.74, 6) is 0.220. The fourth-order valence-corrected chi connectivity index (χ4v) is 3.93. The first-order valence-corrected chi connectivity index (χ1v) is 9.70.